The van der Waals surface area contributed by atoms with Crippen LogP contribution in [0.25, 0.3) is 0 Å². The van der Waals surface area contributed by atoms with E-state index in [1.165, 1.54) is 0 Å². The Morgan fingerprint density at radius 3 is 2.45 bits per heavy atom. The first-order chi connectivity index (χ1) is 9.55. The monoisotopic (exact) mass is 346 g/mol. The van der Waals surface area contributed by atoms with E-state index < -0.39 is 22.5 Å². The van der Waals surface area contributed by atoms with Gasteiger partial charge in [0.25, 0.3) is 0 Å². The number of fused-ring (bicyclic) bond motifs is 1. The quantitative estimate of drug-likeness (QED) is 0.240. The molecule has 0 aromatic carbocycles. The minimum atomic E-state index is -4.92. The van der Waals surface area contributed by atoms with Gasteiger partial charge in [-0.2, -0.15) is 5.26 Å². The molecule has 9 nitrogen and oxygen atoms in total. The molecule has 0 aliphatic carbocycles. The van der Waals surface area contributed by atoms with Gasteiger partial charge in [-0.1, -0.05) is 0 Å². The third kappa shape index (κ3) is 7.65. The van der Waals surface area contributed by atoms with Crippen molar-refractivity contribution in [2.24, 2.45) is 0 Å². The minimum Gasteiger partial charge on any atom is -0.726 e. The number of ether oxygens (including phenoxy) is 4. The predicted molar refractivity (Wildman–Crippen MR) is 66.4 cm³/mol. The van der Waals surface area contributed by atoms with Gasteiger partial charge in [-0.3, -0.25) is 11.0 Å². The van der Waals surface area contributed by atoms with E-state index >= 15 is 0 Å². The van der Waals surface area contributed by atoms with E-state index in [1.54, 1.807) is 7.11 Å². The number of nitriles is 1. The van der Waals surface area contributed by atoms with Gasteiger partial charge in [0.15, 0.2) is 12.1 Å². The molecule has 2 unspecified atom stereocenters. The third-order valence-electron chi connectivity index (χ3n) is 2.67. The maximum absolute atomic E-state index is 8.66. The van der Waals surface area contributed by atoms with Crippen molar-refractivity contribution >= 4 is 10.4 Å². The molecule has 22 heavy (non-hydrogen) atoms. The number of hydrogen-bond acceptors (Lipinski definition) is 8. The van der Waals surface area contributed by atoms with Gasteiger partial charge in [0, 0.05) is 13.5 Å². The summed E-state index contributed by atoms with van der Waals surface area (Å²) in [7, 11) is -3.36. The second-order valence-electron chi connectivity index (χ2n) is 4.83. The Bertz CT molecular complexity index is 483. The summed E-state index contributed by atoms with van der Waals surface area (Å²) >= 11 is 0. The van der Waals surface area contributed by atoms with Gasteiger partial charge in [-0.05, 0) is 26.1 Å². The van der Waals surface area contributed by atoms with Crippen LogP contribution in [0.5, 0.6) is 0 Å². The van der Waals surface area contributed by atoms with Crippen LogP contribution >= 0.6 is 0 Å². The van der Waals surface area contributed by atoms with Gasteiger partial charge in [0.1, 0.15) is 6.10 Å². The summed E-state index contributed by atoms with van der Waals surface area (Å²) in [5, 5.41) is 8.66. The van der Waals surface area contributed by atoms with E-state index in [-0.39, 0.29) is 47.9 Å². The zero-order valence-corrected chi connectivity index (χ0v) is 15.6. The molecule has 2 heterocycles. The molecular weight excluding hydrogens is 329 g/mol. The fourth-order valence-electron chi connectivity index (χ4n) is 2.08. The molecule has 0 radical (unpaired) electrons. The molecule has 0 bridgehead atoms. The molecule has 0 saturated carbocycles. The zero-order valence-electron chi connectivity index (χ0n) is 12.8. The average molecular weight is 346 g/mol. The van der Waals surface area contributed by atoms with Crippen molar-refractivity contribution in [3.05, 3.63) is 6.42 Å². The number of nitrogens with zero attached hydrogens (tertiary/aromatic N) is 1. The molecule has 2 fully saturated rings. The van der Waals surface area contributed by atoms with E-state index in [0.717, 1.165) is 0 Å². The van der Waals surface area contributed by atoms with Gasteiger partial charge in [0.2, 0.25) is 10.4 Å². The van der Waals surface area contributed by atoms with Gasteiger partial charge < -0.3 is 23.5 Å². The molecule has 11 heteroatoms. The normalized spacial score (nSPS) is 32.7. The SMILES string of the molecule is CO[C@H]1OC(CC#N)[CH-][C@@H]2OC(C)(C)OC12.O=S(=O)([O-])O.[Na+]. The minimum absolute atomic E-state index is 0. The van der Waals surface area contributed by atoms with Crippen molar-refractivity contribution in [3.63, 3.8) is 0 Å². The van der Waals surface area contributed by atoms with Crippen LogP contribution in [0.4, 0.5) is 0 Å². The van der Waals surface area contributed by atoms with Crippen LogP contribution in [0.15, 0.2) is 0 Å². The smallest absolute Gasteiger partial charge is 0.726 e. The van der Waals surface area contributed by atoms with Crippen molar-refractivity contribution in [1.82, 2.24) is 0 Å². The Balaban J connectivity index is 0.000000644. The largest absolute Gasteiger partial charge is 1.00 e. The first-order valence-electron chi connectivity index (χ1n) is 6.00. The van der Waals surface area contributed by atoms with Crippen molar-refractivity contribution < 1.29 is 66.0 Å². The van der Waals surface area contributed by atoms with Crippen molar-refractivity contribution in [2.45, 2.75) is 50.7 Å². The summed E-state index contributed by atoms with van der Waals surface area (Å²) in [5.41, 5.74) is 0. The van der Waals surface area contributed by atoms with Crippen molar-refractivity contribution in [2.75, 3.05) is 7.11 Å². The molecule has 0 spiro atoms. The van der Waals surface area contributed by atoms with Gasteiger partial charge in [0.05, 0.1) is 6.07 Å². The summed E-state index contributed by atoms with van der Waals surface area (Å²) in [6, 6.07) is 2.07. The Labute approximate surface area is 151 Å². The Kier molecular flexibility index (Phi) is 8.97. The van der Waals surface area contributed by atoms with E-state index in [1.807, 2.05) is 20.3 Å². The van der Waals surface area contributed by atoms with Crippen LogP contribution in [0.1, 0.15) is 20.3 Å². The van der Waals surface area contributed by atoms with Crippen LogP contribution < -0.4 is 29.6 Å². The fourth-order valence-corrected chi connectivity index (χ4v) is 2.08. The number of rotatable bonds is 2. The Hall–Kier alpha value is 0.200. The molecule has 122 valence electrons. The Morgan fingerprint density at radius 1 is 1.45 bits per heavy atom. The molecule has 2 aliphatic rings. The van der Waals surface area contributed by atoms with Crippen LogP contribution in [-0.2, 0) is 29.3 Å². The summed E-state index contributed by atoms with van der Waals surface area (Å²) in [5.74, 6) is -0.631. The zero-order chi connectivity index (χ0) is 16.3. The molecule has 1 N–H and O–H groups in total. The maximum Gasteiger partial charge on any atom is 1.00 e. The molecular formula is C11H17NNaO8S-. The first-order valence-corrected chi connectivity index (χ1v) is 7.36. The van der Waals surface area contributed by atoms with Crippen LogP contribution in [0.3, 0.4) is 0 Å². The van der Waals surface area contributed by atoms with Crippen molar-refractivity contribution in [3.8, 4) is 6.07 Å². The second-order valence-corrected chi connectivity index (χ2v) is 5.68. The molecule has 2 saturated heterocycles. The summed E-state index contributed by atoms with van der Waals surface area (Å²) in [4.78, 5) is 0. The van der Waals surface area contributed by atoms with E-state index in [0.29, 0.717) is 6.42 Å². The summed E-state index contributed by atoms with van der Waals surface area (Å²) < 4.78 is 55.0. The molecule has 0 aromatic heterocycles. The Morgan fingerprint density at radius 2 is 2.00 bits per heavy atom. The summed E-state index contributed by atoms with van der Waals surface area (Å²) in [6.45, 7) is 3.70. The molecule has 0 aromatic rings. The first kappa shape index (κ1) is 22.2. The van der Waals surface area contributed by atoms with E-state index in [2.05, 4.69) is 6.07 Å². The van der Waals surface area contributed by atoms with E-state index in [9.17, 15) is 0 Å². The topological polar surface area (TPSA) is 138 Å². The van der Waals surface area contributed by atoms with Crippen LogP contribution in [-0.4, -0.2) is 55.0 Å². The standard InChI is InChI=1S/C11H16NO4.Na.H2O4S/c1-11(2)15-8-6-7(4-5-12)14-10(13-3)9(8)16-11;;1-5(2,3)4/h6-10H,4H2,1-3H3;;(H2,1,2,3,4)/q-1;+1;/p-1/t7?,8-,9?,10-;;/m0../s1. The number of hydrogen-bond donors (Lipinski definition) is 1. The van der Waals surface area contributed by atoms with Crippen LogP contribution in [0, 0.1) is 17.8 Å². The number of methoxy groups -OCH3 is 1. The molecule has 4 atom stereocenters. The fraction of sp³-hybridized carbons (Fsp3) is 0.818. The van der Waals surface area contributed by atoms with Gasteiger partial charge >= 0.3 is 29.6 Å². The van der Waals surface area contributed by atoms with Gasteiger partial charge in [-0.25, -0.2) is 8.42 Å². The molecule has 2 aliphatic heterocycles. The average Bonchev–Trinajstić information content (AvgIpc) is 2.60. The van der Waals surface area contributed by atoms with E-state index in [4.69, 9.17) is 41.7 Å². The van der Waals surface area contributed by atoms with Crippen molar-refractivity contribution in [1.29, 1.82) is 5.26 Å². The second kappa shape index (κ2) is 8.89. The predicted octanol–water partition coefficient (Wildman–Crippen LogP) is -3.00. The third-order valence-corrected chi connectivity index (χ3v) is 2.67. The van der Waals surface area contributed by atoms with Crippen LogP contribution in [0.2, 0.25) is 0 Å². The maximum atomic E-state index is 8.66. The van der Waals surface area contributed by atoms with Gasteiger partial charge in [-0.15, -0.1) is 0 Å². The molecule has 2 rings (SSSR count). The summed E-state index contributed by atoms with van der Waals surface area (Å²) in [6.07, 6.45) is 1.01. The molecule has 0 amide bonds.